The number of hydrogen-bond donors (Lipinski definition) is 2. The third-order valence-electron chi connectivity index (χ3n) is 2.17. The monoisotopic (exact) mass is 300 g/mol. The van der Waals surface area contributed by atoms with Crippen LogP contribution in [0.4, 0.5) is 10.5 Å². The number of aryl methyl sites for hydroxylation is 1. The summed E-state index contributed by atoms with van der Waals surface area (Å²) < 4.78 is 5.81. The number of nitrogens with one attached hydrogen (secondary N) is 2. The zero-order chi connectivity index (χ0) is 12.8. The summed E-state index contributed by atoms with van der Waals surface area (Å²) in [4.78, 5) is 11.6. The average molecular weight is 301 g/mol. The van der Waals surface area contributed by atoms with E-state index >= 15 is 0 Å². The van der Waals surface area contributed by atoms with Crippen molar-refractivity contribution in [3.63, 3.8) is 0 Å². The molecule has 0 saturated heterocycles. The molecule has 1 aromatic rings. The molecule has 0 bridgehead atoms. The van der Waals surface area contributed by atoms with E-state index in [9.17, 15) is 4.79 Å². The van der Waals surface area contributed by atoms with E-state index in [2.05, 4.69) is 26.6 Å². The minimum atomic E-state index is -0.237. The standard InChI is InChI=1S/C12H17BrN2O2/c1-8-4-5-11(10(13)6-8)15-12(16)14-9(2)7-17-3/h4-6,9H,7H2,1-3H3,(H2,14,15,16). The van der Waals surface area contributed by atoms with Gasteiger partial charge in [0.25, 0.3) is 0 Å². The molecule has 2 amide bonds. The Labute approximate surface area is 110 Å². The molecule has 1 unspecified atom stereocenters. The molecule has 1 aromatic carbocycles. The van der Waals surface area contributed by atoms with Crippen molar-refractivity contribution in [1.82, 2.24) is 5.32 Å². The van der Waals surface area contributed by atoms with Gasteiger partial charge in [-0.05, 0) is 47.5 Å². The van der Waals surface area contributed by atoms with Crippen molar-refractivity contribution in [2.24, 2.45) is 0 Å². The van der Waals surface area contributed by atoms with Gasteiger partial charge in [-0.15, -0.1) is 0 Å². The first-order valence-electron chi connectivity index (χ1n) is 5.35. The van der Waals surface area contributed by atoms with Gasteiger partial charge in [-0.25, -0.2) is 4.79 Å². The summed E-state index contributed by atoms with van der Waals surface area (Å²) in [6.07, 6.45) is 0. The fraction of sp³-hybridized carbons (Fsp3) is 0.417. The molecular weight excluding hydrogens is 284 g/mol. The quantitative estimate of drug-likeness (QED) is 0.898. The zero-order valence-electron chi connectivity index (χ0n) is 10.2. The van der Waals surface area contributed by atoms with Crippen LogP contribution in [0.15, 0.2) is 22.7 Å². The van der Waals surface area contributed by atoms with Crippen molar-refractivity contribution in [3.8, 4) is 0 Å². The molecule has 17 heavy (non-hydrogen) atoms. The summed E-state index contributed by atoms with van der Waals surface area (Å²) >= 11 is 3.41. The molecule has 4 nitrogen and oxygen atoms in total. The molecule has 0 fully saturated rings. The van der Waals surface area contributed by atoms with Gasteiger partial charge in [-0.2, -0.15) is 0 Å². The van der Waals surface area contributed by atoms with Crippen LogP contribution in [0.1, 0.15) is 12.5 Å². The number of amides is 2. The minimum absolute atomic E-state index is 0.0239. The number of anilines is 1. The molecule has 2 N–H and O–H groups in total. The topological polar surface area (TPSA) is 50.4 Å². The lowest BCUT2D eigenvalue weighted by atomic mass is 10.2. The second-order valence-electron chi connectivity index (χ2n) is 3.94. The molecule has 0 aliphatic carbocycles. The Morgan fingerprint density at radius 1 is 1.53 bits per heavy atom. The zero-order valence-corrected chi connectivity index (χ0v) is 11.8. The van der Waals surface area contributed by atoms with Crippen LogP contribution in [0.2, 0.25) is 0 Å². The van der Waals surface area contributed by atoms with Crippen LogP contribution in [0, 0.1) is 6.92 Å². The first-order chi connectivity index (χ1) is 8.02. The van der Waals surface area contributed by atoms with E-state index in [0.29, 0.717) is 6.61 Å². The van der Waals surface area contributed by atoms with Crippen LogP contribution < -0.4 is 10.6 Å². The van der Waals surface area contributed by atoms with Crippen molar-refractivity contribution < 1.29 is 9.53 Å². The van der Waals surface area contributed by atoms with Gasteiger partial charge < -0.3 is 15.4 Å². The maximum Gasteiger partial charge on any atom is 0.319 e. The predicted molar refractivity (Wildman–Crippen MR) is 72.4 cm³/mol. The van der Waals surface area contributed by atoms with Crippen LogP contribution in [-0.2, 0) is 4.74 Å². The highest BCUT2D eigenvalue weighted by atomic mass is 79.9. The molecule has 5 heteroatoms. The predicted octanol–water partition coefficient (Wildman–Crippen LogP) is 2.91. The van der Waals surface area contributed by atoms with E-state index < -0.39 is 0 Å². The van der Waals surface area contributed by atoms with Crippen LogP contribution >= 0.6 is 15.9 Å². The first kappa shape index (κ1) is 14.0. The number of urea groups is 1. The number of halogens is 1. The Balaban J connectivity index is 2.56. The highest BCUT2D eigenvalue weighted by Gasteiger charge is 2.08. The van der Waals surface area contributed by atoms with E-state index in [1.165, 1.54) is 0 Å². The van der Waals surface area contributed by atoms with Gasteiger partial charge in [0, 0.05) is 11.6 Å². The molecule has 1 rings (SSSR count). The maximum absolute atomic E-state index is 11.6. The van der Waals surface area contributed by atoms with Crippen LogP contribution in [0.25, 0.3) is 0 Å². The highest BCUT2D eigenvalue weighted by Crippen LogP contribution is 2.23. The first-order valence-corrected chi connectivity index (χ1v) is 6.15. The number of rotatable bonds is 4. The van der Waals surface area contributed by atoms with E-state index in [1.54, 1.807) is 7.11 Å². The summed E-state index contributed by atoms with van der Waals surface area (Å²) in [5, 5.41) is 5.55. The fourth-order valence-electron chi connectivity index (χ4n) is 1.40. The van der Waals surface area contributed by atoms with E-state index in [0.717, 1.165) is 15.7 Å². The number of carbonyl (C=O) groups excluding carboxylic acids is 1. The van der Waals surface area contributed by atoms with Gasteiger partial charge in [-0.1, -0.05) is 6.07 Å². The number of methoxy groups -OCH3 is 1. The van der Waals surface area contributed by atoms with Crippen molar-refractivity contribution >= 4 is 27.6 Å². The van der Waals surface area contributed by atoms with Crippen molar-refractivity contribution in [1.29, 1.82) is 0 Å². The van der Waals surface area contributed by atoms with E-state index in [1.807, 2.05) is 32.0 Å². The summed E-state index contributed by atoms with van der Waals surface area (Å²) in [7, 11) is 1.60. The van der Waals surface area contributed by atoms with E-state index in [-0.39, 0.29) is 12.1 Å². The summed E-state index contributed by atoms with van der Waals surface area (Å²) in [5.74, 6) is 0. The van der Waals surface area contributed by atoms with Crippen LogP contribution in [0.5, 0.6) is 0 Å². The fourth-order valence-corrected chi connectivity index (χ4v) is 1.99. The SMILES string of the molecule is COCC(C)NC(=O)Nc1ccc(C)cc1Br. The molecule has 1 atom stereocenters. The number of ether oxygens (including phenoxy) is 1. The van der Waals surface area contributed by atoms with Crippen molar-refractivity contribution in [2.75, 3.05) is 19.0 Å². The van der Waals surface area contributed by atoms with Crippen molar-refractivity contribution in [2.45, 2.75) is 19.9 Å². The normalized spacial score (nSPS) is 12.0. The number of carbonyl (C=O) groups is 1. The molecule has 0 radical (unpaired) electrons. The summed E-state index contributed by atoms with van der Waals surface area (Å²) in [6, 6.07) is 5.50. The third kappa shape index (κ3) is 4.75. The van der Waals surface area contributed by atoms with E-state index in [4.69, 9.17) is 4.74 Å². The Bertz CT molecular complexity index is 396. The lowest BCUT2D eigenvalue weighted by molar-refractivity contribution is 0.173. The highest BCUT2D eigenvalue weighted by molar-refractivity contribution is 9.10. The molecule has 0 aliphatic heterocycles. The van der Waals surface area contributed by atoms with Gasteiger partial charge in [0.05, 0.1) is 18.3 Å². The Kier molecular flexibility index (Phi) is 5.44. The number of benzene rings is 1. The third-order valence-corrected chi connectivity index (χ3v) is 2.82. The maximum atomic E-state index is 11.6. The second-order valence-corrected chi connectivity index (χ2v) is 4.79. The van der Waals surface area contributed by atoms with Gasteiger partial charge in [0.15, 0.2) is 0 Å². The van der Waals surface area contributed by atoms with Crippen LogP contribution in [0.3, 0.4) is 0 Å². The lowest BCUT2D eigenvalue weighted by Gasteiger charge is -2.14. The Morgan fingerprint density at radius 3 is 2.82 bits per heavy atom. The molecule has 0 aromatic heterocycles. The second kappa shape index (κ2) is 6.61. The molecule has 0 spiro atoms. The van der Waals surface area contributed by atoms with Gasteiger partial charge >= 0.3 is 6.03 Å². The van der Waals surface area contributed by atoms with Crippen molar-refractivity contribution in [3.05, 3.63) is 28.2 Å². The molecule has 0 aliphatic rings. The molecule has 0 saturated carbocycles. The minimum Gasteiger partial charge on any atom is -0.383 e. The smallest absolute Gasteiger partial charge is 0.319 e. The van der Waals surface area contributed by atoms with Crippen LogP contribution in [-0.4, -0.2) is 25.8 Å². The average Bonchev–Trinajstić information content (AvgIpc) is 2.22. The Hall–Kier alpha value is -1.07. The van der Waals surface area contributed by atoms with Gasteiger partial charge in [-0.3, -0.25) is 0 Å². The molecule has 94 valence electrons. The van der Waals surface area contributed by atoms with Gasteiger partial charge in [0.1, 0.15) is 0 Å². The largest absolute Gasteiger partial charge is 0.383 e. The number of hydrogen-bond acceptors (Lipinski definition) is 2. The summed E-state index contributed by atoms with van der Waals surface area (Å²) in [6.45, 7) is 4.37. The molecule has 0 heterocycles. The Morgan fingerprint density at radius 2 is 2.24 bits per heavy atom. The molecular formula is C12H17BrN2O2. The summed E-state index contributed by atoms with van der Waals surface area (Å²) in [5.41, 5.74) is 1.88. The lowest BCUT2D eigenvalue weighted by Crippen LogP contribution is -2.38. The van der Waals surface area contributed by atoms with Gasteiger partial charge in [0.2, 0.25) is 0 Å².